The quantitative estimate of drug-likeness (QED) is 0.512. The van der Waals surface area contributed by atoms with Gasteiger partial charge in [-0.1, -0.05) is 0 Å². The Morgan fingerprint density at radius 1 is 1.36 bits per heavy atom. The smallest absolute Gasteiger partial charge is 0.308 e. The molecule has 0 aromatic heterocycles. The Labute approximate surface area is 83.2 Å². The highest BCUT2D eigenvalue weighted by atomic mass is 16.5. The summed E-state index contributed by atoms with van der Waals surface area (Å²) < 4.78 is 4.72. The number of ether oxygens (including phenoxy) is 1. The number of rotatable bonds is 1. The van der Waals surface area contributed by atoms with Gasteiger partial charge in [0.15, 0.2) is 0 Å². The molecule has 0 aromatic rings. The van der Waals surface area contributed by atoms with E-state index in [1.807, 2.05) is 0 Å². The highest BCUT2D eigenvalue weighted by Gasteiger charge is 2.44. The average molecular weight is 200 g/mol. The van der Waals surface area contributed by atoms with Crippen molar-refractivity contribution in [2.24, 2.45) is 17.8 Å². The van der Waals surface area contributed by atoms with Crippen LogP contribution in [-0.4, -0.2) is 24.7 Å². The lowest BCUT2D eigenvalue weighted by Crippen LogP contribution is -2.19. The molecular weight excluding hydrogens is 184 g/mol. The number of methoxy groups -OCH3 is 1. The molecule has 2 aliphatic rings. The van der Waals surface area contributed by atoms with Crippen molar-refractivity contribution in [1.29, 1.82) is 0 Å². The van der Waals surface area contributed by atoms with Crippen molar-refractivity contribution in [3.8, 4) is 0 Å². The van der Waals surface area contributed by atoms with E-state index in [9.17, 15) is 4.79 Å². The molecule has 4 nitrogen and oxygen atoms in total. The summed E-state index contributed by atoms with van der Waals surface area (Å²) in [7, 11) is 1.49. The van der Waals surface area contributed by atoms with Crippen LogP contribution in [0, 0.1) is 17.8 Å². The zero-order valence-corrected chi connectivity index (χ0v) is 8.31. The van der Waals surface area contributed by atoms with Gasteiger partial charge in [0.05, 0.1) is 13.0 Å². The third kappa shape index (κ3) is 2.72. The summed E-state index contributed by atoms with van der Waals surface area (Å²) in [6.07, 6.45) is 4.78. The van der Waals surface area contributed by atoms with Gasteiger partial charge < -0.3 is 9.84 Å². The topological polar surface area (TPSA) is 63.6 Å². The maximum absolute atomic E-state index is 11.1. The Hall–Kier alpha value is -1.06. The van der Waals surface area contributed by atoms with Crippen molar-refractivity contribution in [3.05, 3.63) is 0 Å². The van der Waals surface area contributed by atoms with Gasteiger partial charge in [0, 0.05) is 0 Å². The Kier molecular flexibility index (Phi) is 3.92. The summed E-state index contributed by atoms with van der Waals surface area (Å²) in [5.41, 5.74) is 0. The lowest BCUT2D eigenvalue weighted by Gasteiger charge is -2.18. The molecular formula is C10H16O4. The van der Waals surface area contributed by atoms with Crippen molar-refractivity contribution < 1.29 is 19.4 Å². The molecule has 80 valence electrons. The number of carbonyl (C=O) groups excluding carboxylic acids is 1. The number of hydrogen-bond acceptors (Lipinski definition) is 3. The van der Waals surface area contributed by atoms with Crippen molar-refractivity contribution in [2.75, 3.05) is 7.11 Å². The third-order valence-electron chi connectivity index (χ3n) is 3.08. The van der Waals surface area contributed by atoms with Gasteiger partial charge in [-0.3, -0.25) is 9.59 Å². The number of esters is 1. The van der Waals surface area contributed by atoms with Gasteiger partial charge in [0.2, 0.25) is 0 Å². The molecule has 0 saturated heterocycles. The van der Waals surface area contributed by atoms with Crippen LogP contribution in [0.5, 0.6) is 0 Å². The summed E-state index contributed by atoms with van der Waals surface area (Å²) in [5.74, 6) is 2.07. The molecule has 14 heavy (non-hydrogen) atoms. The molecule has 0 amide bonds. The van der Waals surface area contributed by atoms with Gasteiger partial charge >= 0.3 is 5.97 Å². The van der Waals surface area contributed by atoms with Gasteiger partial charge in [-0.05, 0) is 37.5 Å². The van der Waals surface area contributed by atoms with Crippen LogP contribution in [0.4, 0.5) is 0 Å². The molecule has 0 radical (unpaired) electrons. The van der Waals surface area contributed by atoms with E-state index in [0.717, 1.165) is 24.7 Å². The first-order valence-corrected chi connectivity index (χ1v) is 4.88. The number of carboxylic acid groups (broad SMARTS) is 1. The average Bonchev–Trinajstić information content (AvgIpc) is 2.95. The largest absolute Gasteiger partial charge is 0.483 e. The Balaban J connectivity index is 0.000000293. The standard InChI is InChI=1S/C9H14O2.CH2O2/c1-11-9(10)7-3-2-6-4-8(6)5-7;2-1-3/h6-8H,2-5H2,1H3;1H,(H,2,3). The van der Waals surface area contributed by atoms with Gasteiger partial charge in [-0.2, -0.15) is 0 Å². The van der Waals surface area contributed by atoms with Crippen LogP contribution in [0.2, 0.25) is 0 Å². The van der Waals surface area contributed by atoms with Crippen molar-refractivity contribution in [2.45, 2.75) is 25.7 Å². The third-order valence-corrected chi connectivity index (χ3v) is 3.08. The monoisotopic (exact) mass is 200 g/mol. The first-order valence-electron chi connectivity index (χ1n) is 4.88. The van der Waals surface area contributed by atoms with Crippen LogP contribution in [0.25, 0.3) is 0 Å². The summed E-state index contributed by atoms with van der Waals surface area (Å²) in [6, 6.07) is 0. The molecule has 0 aromatic carbocycles. The van der Waals surface area contributed by atoms with E-state index in [4.69, 9.17) is 14.6 Å². The predicted molar refractivity (Wildman–Crippen MR) is 49.6 cm³/mol. The minimum atomic E-state index is -0.250. The van der Waals surface area contributed by atoms with Gasteiger partial charge in [-0.25, -0.2) is 0 Å². The molecule has 2 fully saturated rings. The fourth-order valence-corrected chi connectivity index (χ4v) is 2.23. The van der Waals surface area contributed by atoms with E-state index in [1.165, 1.54) is 20.0 Å². The van der Waals surface area contributed by atoms with Crippen molar-refractivity contribution in [3.63, 3.8) is 0 Å². The number of fused-ring (bicyclic) bond motifs is 1. The molecule has 0 spiro atoms. The lowest BCUT2D eigenvalue weighted by molar-refractivity contribution is -0.146. The minimum Gasteiger partial charge on any atom is -0.483 e. The molecule has 3 atom stereocenters. The zero-order valence-electron chi connectivity index (χ0n) is 8.31. The van der Waals surface area contributed by atoms with Crippen molar-refractivity contribution in [1.82, 2.24) is 0 Å². The molecule has 0 heterocycles. The van der Waals surface area contributed by atoms with Crippen LogP contribution in [0.15, 0.2) is 0 Å². The second-order valence-corrected chi connectivity index (χ2v) is 3.89. The normalized spacial score (nSPS) is 33.1. The number of hydrogen-bond donors (Lipinski definition) is 1. The van der Waals surface area contributed by atoms with E-state index in [0.29, 0.717) is 0 Å². The maximum Gasteiger partial charge on any atom is 0.308 e. The molecule has 1 N–H and O–H groups in total. The van der Waals surface area contributed by atoms with Crippen LogP contribution in [0.3, 0.4) is 0 Å². The Bertz CT molecular complexity index is 214. The second-order valence-electron chi connectivity index (χ2n) is 3.89. The highest BCUT2D eigenvalue weighted by molar-refractivity contribution is 5.72. The van der Waals surface area contributed by atoms with Crippen molar-refractivity contribution >= 4 is 12.4 Å². The molecule has 2 aliphatic carbocycles. The molecule has 2 rings (SSSR count). The summed E-state index contributed by atoms with van der Waals surface area (Å²) in [5, 5.41) is 6.89. The van der Waals surface area contributed by atoms with E-state index >= 15 is 0 Å². The fourth-order valence-electron chi connectivity index (χ4n) is 2.23. The first-order chi connectivity index (χ1) is 6.72. The second kappa shape index (κ2) is 4.98. The van der Waals surface area contributed by atoms with Gasteiger partial charge in [-0.15, -0.1) is 0 Å². The molecule has 0 aliphatic heterocycles. The van der Waals surface area contributed by atoms with Gasteiger partial charge in [0.25, 0.3) is 6.47 Å². The predicted octanol–water partition coefficient (Wildman–Crippen LogP) is 1.30. The van der Waals surface area contributed by atoms with E-state index in [1.54, 1.807) is 0 Å². The molecule has 2 saturated carbocycles. The Morgan fingerprint density at radius 3 is 2.50 bits per heavy atom. The van der Waals surface area contributed by atoms with Gasteiger partial charge in [0.1, 0.15) is 0 Å². The maximum atomic E-state index is 11.1. The summed E-state index contributed by atoms with van der Waals surface area (Å²) in [6.45, 7) is -0.250. The zero-order chi connectivity index (χ0) is 10.6. The first kappa shape index (κ1) is 11.0. The Morgan fingerprint density at radius 2 is 2.00 bits per heavy atom. The lowest BCUT2D eigenvalue weighted by atomic mass is 9.89. The van der Waals surface area contributed by atoms with Crippen LogP contribution < -0.4 is 0 Å². The fraction of sp³-hybridized carbons (Fsp3) is 0.800. The summed E-state index contributed by atoms with van der Waals surface area (Å²) in [4.78, 5) is 19.5. The highest BCUT2D eigenvalue weighted by Crippen LogP contribution is 2.51. The van der Waals surface area contributed by atoms with E-state index in [-0.39, 0.29) is 18.4 Å². The van der Waals surface area contributed by atoms with E-state index in [2.05, 4.69) is 0 Å². The molecule has 3 unspecified atom stereocenters. The SMILES string of the molecule is COC(=O)C1CCC2CC2C1.O=CO. The molecule has 4 heteroatoms. The van der Waals surface area contributed by atoms with E-state index < -0.39 is 0 Å². The number of carbonyl (C=O) groups is 2. The van der Waals surface area contributed by atoms with Crippen LogP contribution >= 0.6 is 0 Å². The summed E-state index contributed by atoms with van der Waals surface area (Å²) >= 11 is 0. The van der Waals surface area contributed by atoms with Crippen LogP contribution in [-0.2, 0) is 14.3 Å². The van der Waals surface area contributed by atoms with Crippen LogP contribution in [0.1, 0.15) is 25.7 Å². The minimum absolute atomic E-state index is 0.00958. The molecule has 0 bridgehead atoms.